The monoisotopic (exact) mass is 241 g/mol. The molecule has 1 N–H and O–H groups in total. The molecule has 2 heteroatoms. The van der Waals surface area contributed by atoms with Gasteiger partial charge < -0.3 is 5.32 Å². The number of carbonyl (C=O) groups is 1. The number of hydrogen-bond donors (Lipinski definition) is 1. The van der Waals surface area contributed by atoms with E-state index in [0.717, 1.165) is 6.42 Å². The van der Waals surface area contributed by atoms with Gasteiger partial charge in [-0.2, -0.15) is 0 Å². The van der Waals surface area contributed by atoms with Crippen LogP contribution >= 0.6 is 0 Å². The zero-order valence-electron chi connectivity index (χ0n) is 10.9. The maximum absolute atomic E-state index is 11.8. The summed E-state index contributed by atoms with van der Waals surface area (Å²) in [6.45, 7) is 4.59. The SMILES string of the molecule is CCC(C)C(=O)NCc1cccc2ccccc12. The second-order valence-corrected chi connectivity index (χ2v) is 4.67. The summed E-state index contributed by atoms with van der Waals surface area (Å²) in [5, 5.41) is 5.43. The van der Waals surface area contributed by atoms with E-state index in [1.165, 1.54) is 16.3 Å². The third kappa shape index (κ3) is 2.70. The zero-order valence-corrected chi connectivity index (χ0v) is 10.9. The van der Waals surface area contributed by atoms with Crippen molar-refractivity contribution in [3.05, 3.63) is 48.0 Å². The smallest absolute Gasteiger partial charge is 0.223 e. The highest BCUT2D eigenvalue weighted by Crippen LogP contribution is 2.18. The fourth-order valence-corrected chi connectivity index (χ4v) is 1.99. The van der Waals surface area contributed by atoms with Gasteiger partial charge in [-0.25, -0.2) is 0 Å². The third-order valence-electron chi connectivity index (χ3n) is 3.39. The molecule has 0 heterocycles. The van der Waals surface area contributed by atoms with Crippen molar-refractivity contribution in [2.24, 2.45) is 5.92 Å². The lowest BCUT2D eigenvalue weighted by Crippen LogP contribution is -2.28. The highest BCUT2D eigenvalue weighted by molar-refractivity contribution is 5.86. The number of fused-ring (bicyclic) bond motifs is 1. The first kappa shape index (κ1) is 12.6. The van der Waals surface area contributed by atoms with Gasteiger partial charge in [0.05, 0.1) is 0 Å². The van der Waals surface area contributed by atoms with Crippen molar-refractivity contribution in [1.82, 2.24) is 5.32 Å². The van der Waals surface area contributed by atoms with Gasteiger partial charge in [-0.15, -0.1) is 0 Å². The van der Waals surface area contributed by atoms with Crippen molar-refractivity contribution in [3.63, 3.8) is 0 Å². The molecule has 0 bridgehead atoms. The zero-order chi connectivity index (χ0) is 13.0. The summed E-state index contributed by atoms with van der Waals surface area (Å²) in [6.07, 6.45) is 0.876. The van der Waals surface area contributed by atoms with E-state index in [9.17, 15) is 4.79 Å². The minimum atomic E-state index is 0.0833. The molecule has 2 rings (SSSR count). The summed E-state index contributed by atoms with van der Waals surface area (Å²) in [4.78, 5) is 11.8. The molecule has 0 radical (unpaired) electrons. The van der Waals surface area contributed by atoms with Gasteiger partial charge in [-0.1, -0.05) is 56.3 Å². The maximum Gasteiger partial charge on any atom is 0.223 e. The number of carbonyl (C=O) groups excluding carboxylic acids is 1. The molecule has 18 heavy (non-hydrogen) atoms. The van der Waals surface area contributed by atoms with Gasteiger partial charge in [-0.3, -0.25) is 4.79 Å². The van der Waals surface area contributed by atoms with Gasteiger partial charge in [0.1, 0.15) is 0 Å². The van der Waals surface area contributed by atoms with Gasteiger partial charge in [0.15, 0.2) is 0 Å². The van der Waals surface area contributed by atoms with Crippen molar-refractivity contribution in [2.75, 3.05) is 0 Å². The van der Waals surface area contributed by atoms with Crippen LogP contribution in [0, 0.1) is 5.92 Å². The lowest BCUT2D eigenvalue weighted by atomic mass is 10.0. The Labute approximate surface area is 108 Å². The molecule has 1 unspecified atom stereocenters. The largest absolute Gasteiger partial charge is 0.352 e. The standard InChI is InChI=1S/C16H19NO/c1-3-12(2)16(18)17-11-14-9-6-8-13-7-4-5-10-15(13)14/h4-10,12H,3,11H2,1-2H3,(H,17,18). The molecule has 0 aromatic heterocycles. The molecule has 1 atom stereocenters. The Morgan fingerprint density at radius 1 is 1.17 bits per heavy atom. The third-order valence-corrected chi connectivity index (χ3v) is 3.39. The van der Waals surface area contributed by atoms with Crippen LogP contribution in [0.25, 0.3) is 10.8 Å². The molecule has 1 amide bonds. The van der Waals surface area contributed by atoms with Crippen molar-refractivity contribution in [1.29, 1.82) is 0 Å². The van der Waals surface area contributed by atoms with E-state index < -0.39 is 0 Å². The Hall–Kier alpha value is -1.83. The van der Waals surface area contributed by atoms with E-state index in [4.69, 9.17) is 0 Å². The Kier molecular flexibility index (Phi) is 3.98. The number of hydrogen-bond acceptors (Lipinski definition) is 1. The highest BCUT2D eigenvalue weighted by Gasteiger charge is 2.10. The van der Waals surface area contributed by atoms with Crippen molar-refractivity contribution < 1.29 is 4.79 Å². The van der Waals surface area contributed by atoms with Gasteiger partial charge in [0.25, 0.3) is 0 Å². The van der Waals surface area contributed by atoms with Crippen LogP contribution in [0.15, 0.2) is 42.5 Å². The fourth-order valence-electron chi connectivity index (χ4n) is 1.99. The lowest BCUT2D eigenvalue weighted by molar-refractivity contribution is -0.124. The van der Waals surface area contributed by atoms with E-state index in [0.29, 0.717) is 6.54 Å². The molecule has 0 spiro atoms. The summed E-state index contributed by atoms with van der Waals surface area (Å²) in [5.74, 6) is 0.213. The number of nitrogens with one attached hydrogen (secondary N) is 1. The molecule has 2 aromatic carbocycles. The molecule has 0 aliphatic carbocycles. The topological polar surface area (TPSA) is 29.1 Å². The quantitative estimate of drug-likeness (QED) is 0.872. The molecule has 2 aromatic rings. The van der Waals surface area contributed by atoms with E-state index >= 15 is 0 Å². The lowest BCUT2D eigenvalue weighted by Gasteiger charge is -2.11. The first-order valence-corrected chi connectivity index (χ1v) is 6.46. The van der Waals surface area contributed by atoms with Gasteiger partial charge in [-0.05, 0) is 22.8 Å². The molecular formula is C16H19NO. The average molecular weight is 241 g/mol. The summed E-state index contributed by atoms with van der Waals surface area (Å²) in [7, 11) is 0. The summed E-state index contributed by atoms with van der Waals surface area (Å²) in [5.41, 5.74) is 1.17. The Morgan fingerprint density at radius 2 is 1.89 bits per heavy atom. The molecule has 2 nitrogen and oxygen atoms in total. The predicted molar refractivity (Wildman–Crippen MR) is 75.2 cm³/mol. The minimum absolute atomic E-state index is 0.0833. The second kappa shape index (κ2) is 5.67. The van der Waals surface area contributed by atoms with E-state index in [2.05, 4.69) is 29.6 Å². The Morgan fingerprint density at radius 3 is 2.67 bits per heavy atom. The van der Waals surface area contributed by atoms with E-state index in [1.54, 1.807) is 0 Å². The average Bonchev–Trinajstić information content (AvgIpc) is 2.43. The molecule has 0 aliphatic heterocycles. The van der Waals surface area contributed by atoms with Crippen molar-refractivity contribution in [2.45, 2.75) is 26.8 Å². The summed E-state index contributed by atoms with van der Waals surface area (Å²) in [6, 6.07) is 14.4. The molecule has 0 aliphatic rings. The van der Waals surface area contributed by atoms with Crippen LogP contribution in [0.4, 0.5) is 0 Å². The highest BCUT2D eigenvalue weighted by atomic mass is 16.1. The van der Waals surface area contributed by atoms with Gasteiger partial charge in [0.2, 0.25) is 5.91 Å². The van der Waals surface area contributed by atoms with E-state index in [1.807, 2.05) is 32.0 Å². The van der Waals surface area contributed by atoms with Crippen LogP contribution in [0.1, 0.15) is 25.8 Å². The van der Waals surface area contributed by atoms with Gasteiger partial charge >= 0.3 is 0 Å². The van der Waals surface area contributed by atoms with Crippen LogP contribution in [0.5, 0.6) is 0 Å². The normalized spacial score (nSPS) is 12.3. The molecule has 94 valence electrons. The number of rotatable bonds is 4. The molecule has 0 saturated carbocycles. The van der Waals surface area contributed by atoms with E-state index in [-0.39, 0.29) is 11.8 Å². The molecular weight excluding hydrogens is 222 g/mol. The predicted octanol–water partition coefficient (Wildman–Crippen LogP) is 3.50. The van der Waals surface area contributed by atoms with Gasteiger partial charge in [0, 0.05) is 12.5 Å². The molecule has 0 fully saturated rings. The van der Waals surface area contributed by atoms with Crippen LogP contribution in [0.2, 0.25) is 0 Å². The van der Waals surface area contributed by atoms with Crippen LogP contribution < -0.4 is 5.32 Å². The maximum atomic E-state index is 11.8. The molecule has 0 saturated heterocycles. The Bertz CT molecular complexity index is 542. The van der Waals surface area contributed by atoms with Crippen molar-refractivity contribution in [3.8, 4) is 0 Å². The summed E-state index contributed by atoms with van der Waals surface area (Å²) >= 11 is 0. The van der Waals surface area contributed by atoms with Crippen LogP contribution in [-0.4, -0.2) is 5.91 Å². The Balaban J connectivity index is 2.15. The fraction of sp³-hybridized carbons (Fsp3) is 0.312. The number of benzene rings is 2. The van der Waals surface area contributed by atoms with Crippen LogP contribution in [0.3, 0.4) is 0 Å². The van der Waals surface area contributed by atoms with Crippen molar-refractivity contribution >= 4 is 16.7 Å². The first-order chi connectivity index (χ1) is 8.72. The summed E-state index contributed by atoms with van der Waals surface area (Å²) < 4.78 is 0. The minimum Gasteiger partial charge on any atom is -0.352 e. The second-order valence-electron chi connectivity index (χ2n) is 4.67. The number of amides is 1. The first-order valence-electron chi connectivity index (χ1n) is 6.46. The van der Waals surface area contributed by atoms with Crippen LogP contribution in [-0.2, 0) is 11.3 Å².